The fraction of sp³-hybridized carbons (Fsp3) is 0.440. The Hall–Kier alpha value is -2.13. The van der Waals surface area contributed by atoms with Crippen molar-refractivity contribution in [2.75, 3.05) is 33.3 Å². The number of rotatable bonds is 11. The van der Waals surface area contributed by atoms with Gasteiger partial charge >= 0.3 is 0 Å². The summed E-state index contributed by atoms with van der Waals surface area (Å²) in [6.07, 6.45) is 0. The van der Waals surface area contributed by atoms with E-state index in [9.17, 15) is 4.79 Å². The Morgan fingerprint density at radius 2 is 1.66 bits per heavy atom. The molecule has 0 heterocycles. The van der Waals surface area contributed by atoms with Crippen LogP contribution in [0, 0.1) is 5.92 Å². The van der Waals surface area contributed by atoms with E-state index in [1.807, 2.05) is 61.2 Å². The molecule has 0 aliphatic carbocycles. The lowest BCUT2D eigenvalue weighted by atomic mass is 10.1. The van der Waals surface area contributed by atoms with Gasteiger partial charge < -0.3 is 20.3 Å². The summed E-state index contributed by atoms with van der Waals surface area (Å²) < 4.78 is 5.81. The molecule has 0 aromatic heterocycles. The largest absolute Gasteiger partial charge is 0.376 e. The second-order valence-electron chi connectivity index (χ2n) is 7.59. The molecule has 0 aliphatic rings. The van der Waals surface area contributed by atoms with Gasteiger partial charge in [-0.25, -0.2) is 0 Å². The molecule has 1 amide bonds. The van der Waals surface area contributed by atoms with Crippen molar-refractivity contribution in [2.24, 2.45) is 10.9 Å². The molecular formula is C25H37IN4O2. The number of guanidine groups is 1. The van der Waals surface area contributed by atoms with Crippen LogP contribution in [0.4, 0.5) is 0 Å². The summed E-state index contributed by atoms with van der Waals surface area (Å²) >= 11 is 0. The van der Waals surface area contributed by atoms with Gasteiger partial charge in [0.1, 0.15) is 0 Å². The van der Waals surface area contributed by atoms with E-state index in [-0.39, 0.29) is 29.9 Å². The monoisotopic (exact) mass is 552 g/mol. The van der Waals surface area contributed by atoms with Crippen molar-refractivity contribution in [1.82, 2.24) is 15.5 Å². The molecule has 0 bridgehead atoms. The smallest absolute Gasteiger partial charge is 0.253 e. The molecule has 176 valence electrons. The number of amides is 1. The number of nitrogens with zero attached hydrogens (tertiary/aromatic N) is 2. The van der Waals surface area contributed by atoms with Gasteiger partial charge in [-0.1, -0.05) is 49.4 Å². The Morgan fingerprint density at radius 3 is 2.25 bits per heavy atom. The quantitative estimate of drug-likeness (QED) is 0.248. The van der Waals surface area contributed by atoms with Gasteiger partial charge in [0, 0.05) is 38.8 Å². The first-order chi connectivity index (χ1) is 15.1. The number of hydrogen-bond donors (Lipinski definition) is 2. The van der Waals surface area contributed by atoms with E-state index < -0.39 is 0 Å². The predicted octanol–water partition coefficient (Wildman–Crippen LogP) is 4.30. The molecule has 2 aromatic carbocycles. The summed E-state index contributed by atoms with van der Waals surface area (Å²) in [6.45, 7) is 10.3. The zero-order valence-electron chi connectivity index (χ0n) is 19.6. The Balaban J connectivity index is 0.00000512. The van der Waals surface area contributed by atoms with Crippen LogP contribution < -0.4 is 10.6 Å². The Bertz CT molecular complexity index is 808. The number of halogens is 1. The number of hydrogen-bond acceptors (Lipinski definition) is 3. The van der Waals surface area contributed by atoms with Gasteiger partial charge in [-0.05, 0) is 43.0 Å². The first kappa shape index (κ1) is 27.9. The number of carbonyl (C=O) groups is 1. The van der Waals surface area contributed by atoms with E-state index in [1.54, 1.807) is 7.05 Å². The van der Waals surface area contributed by atoms with Crippen molar-refractivity contribution < 1.29 is 9.53 Å². The third-order valence-electron chi connectivity index (χ3n) is 5.07. The molecule has 1 unspecified atom stereocenters. The average molecular weight is 553 g/mol. The van der Waals surface area contributed by atoms with E-state index >= 15 is 0 Å². The first-order valence-corrected chi connectivity index (χ1v) is 11.0. The van der Waals surface area contributed by atoms with Gasteiger partial charge in [-0.2, -0.15) is 0 Å². The summed E-state index contributed by atoms with van der Waals surface area (Å²) in [7, 11) is 1.76. The predicted molar refractivity (Wildman–Crippen MR) is 143 cm³/mol. The summed E-state index contributed by atoms with van der Waals surface area (Å²) in [5.41, 5.74) is 3.00. The normalized spacial score (nSPS) is 11.9. The van der Waals surface area contributed by atoms with Crippen molar-refractivity contribution in [1.29, 1.82) is 0 Å². The lowest BCUT2D eigenvalue weighted by molar-refractivity contribution is 0.0773. The van der Waals surface area contributed by atoms with Crippen molar-refractivity contribution >= 4 is 35.8 Å². The minimum Gasteiger partial charge on any atom is -0.376 e. The minimum atomic E-state index is 0. The standard InChI is InChI=1S/C25H36N4O2.HI/c1-5-29(6-2)24(30)23-14-12-21(13-15-23)17-28-25(26-4)27-16-20(3)18-31-19-22-10-8-7-9-11-22;/h7-15,20H,5-6,16-19H2,1-4H3,(H2,26,27,28);1H. The summed E-state index contributed by atoms with van der Waals surface area (Å²) in [4.78, 5) is 18.5. The van der Waals surface area contributed by atoms with Crippen LogP contribution in [0.25, 0.3) is 0 Å². The summed E-state index contributed by atoms with van der Waals surface area (Å²) in [5, 5.41) is 6.67. The highest BCUT2D eigenvalue weighted by molar-refractivity contribution is 14.0. The number of aliphatic imine (C=N–C) groups is 1. The molecule has 0 spiro atoms. The van der Waals surface area contributed by atoms with Gasteiger partial charge in [0.25, 0.3) is 5.91 Å². The second kappa shape index (κ2) is 15.6. The molecule has 6 nitrogen and oxygen atoms in total. The van der Waals surface area contributed by atoms with Crippen LogP contribution in [-0.4, -0.2) is 50.1 Å². The van der Waals surface area contributed by atoms with Crippen LogP contribution in [0.2, 0.25) is 0 Å². The molecule has 0 aliphatic heterocycles. The molecule has 1 atom stereocenters. The highest BCUT2D eigenvalue weighted by atomic mass is 127. The van der Waals surface area contributed by atoms with E-state index in [1.165, 1.54) is 5.56 Å². The highest BCUT2D eigenvalue weighted by Gasteiger charge is 2.12. The molecule has 7 heteroatoms. The SMILES string of the molecule is CCN(CC)C(=O)c1ccc(CNC(=NC)NCC(C)COCc2ccccc2)cc1.I. The molecule has 2 aromatic rings. The fourth-order valence-corrected chi connectivity index (χ4v) is 3.15. The van der Waals surface area contributed by atoms with Crippen molar-refractivity contribution in [2.45, 2.75) is 33.9 Å². The van der Waals surface area contributed by atoms with E-state index in [0.717, 1.165) is 36.7 Å². The number of benzene rings is 2. The zero-order chi connectivity index (χ0) is 22.5. The zero-order valence-corrected chi connectivity index (χ0v) is 22.0. The van der Waals surface area contributed by atoms with Crippen LogP contribution >= 0.6 is 24.0 Å². The maximum Gasteiger partial charge on any atom is 0.253 e. The first-order valence-electron chi connectivity index (χ1n) is 11.0. The van der Waals surface area contributed by atoms with Crippen LogP contribution in [0.15, 0.2) is 59.6 Å². The van der Waals surface area contributed by atoms with Gasteiger partial charge in [-0.15, -0.1) is 24.0 Å². The number of ether oxygens (including phenoxy) is 1. The minimum absolute atomic E-state index is 0. The lowest BCUT2D eigenvalue weighted by Crippen LogP contribution is -2.39. The van der Waals surface area contributed by atoms with Crippen molar-refractivity contribution in [3.8, 4) is 0 Å². The van der Waals surface area contributed by atoms with E-state index in [4.69, 9.17) is 4.74 Å². The van der Waals surface area contributed by atoms with Gasteiger partial charge in [0.2, 0.25) is 0 Å². The number of carbonyl (C=O) groups excluding carboxylic acids is 1. The van der Waals surface area contributed by atoms with Gasteiger partial charge in [0.05, 0.1) is 13.2 Å². The molecule has 0 saturated heterocycles. The van der Waals surface area contributed by atoms with E-state index in [2.05, 4.69) is 34.7 Å². The van der Waals surface area contributed by atoms with Gasteiger partial charge in [-0.3, -0.25) is 9.79 Å². The van der Waals surface area contributed by atoms with Crippen LogP contribution in [-0.2, 0) is 17.9 Å². The molecule has 32 heavy (non-hydrogen) atoms. The molecule has 0 saturated carbocycles. The van der Waals surface area contributed by atoms with Crippen molar-refractivity contribution in [3.05, 3.63) is 71.3 Å². The summed E-state index contributed by atoms with van der Waals surface area (Å²) in [6, 6.07) is 17.9. The van der Waals surface area contributed by atoms with Crippen LogP contribution in [0.1, 0.15) is 42.3 Å². The molecule has 2 rings (SSSR count). The molecule has 2 N–H and O–H groups in total. The highest BCUT2D eigenvalue weighted by Crippen LogP contribution is 2.08. The third-order valence-corrected chi connectivity index (χ3v) is 5.07. The average Bonchev–Trinajstić information content (AvgIpc) is 2.81. The van der Waals surface area contributed by atoms with Crippen LogP contribution in [0.3, 0.4) is 0 Å². The Morgan fingerprint density at radius 1 is 1.00 bits per heavy atom. The molecular weight excluding hydrogens is 515 g/mol. The lowest BCUT2D eigenvalue weighted by Gasteiger charge is -2.19. The van der Waals surface area contributed by atoms with Crippen LogP contribution in [0.5, 0.6) is 0 Å². The maximum absolute atomic E-state index is 12.4. The topological polar surface area (TPSA) is 66.0 Å². The second-order valence-corrected chi connectivity index (χ2v) is 7.59. The Kier molecular flexibility index (Phi) is 13.6. The number of nitrogens with one attached hydrogen (secondary N) is 2. The Labute approximate surface area is 209 Å². The molecule has 0 fully saturated rings. The third kappa shape index (κ3) is 9.56. The van der Waals surface area contributed by atoms with E-state index in [0.29, 0.717) is 25.7 Å². The molecule has 0 radical (unpaired) electrons. The van der Waals surface area contributed by atoms with Crippen molar-refractivity contribution in [3.63, 3.8) is 0 Å². The maximum atomic E-state index is 12.4. The fourth-order valence-electron chi connectivity index (χ4n) is 3.15. The summed E-state index contributed by atoms with van der Waals surface area (Å²) in [5.74, 6) is 1.18. The van der Waals surface area contributed by atoms with Gasteiger partial charge in [0.15, 0.2) is 5.96 Å².